The quantitative estimate of drug-likeness (QED) is 0.221. The van der Waals surface area contributed by atoms with E-state index in [4.69, 9.17) is 9.47 Å². The minimum Gasteiger partial charge on any atom is -0.453 e. The Hall–Kier alpha value is -4.66. The van der Waals surface area contributed by atoms with Gasteiger partial charge in [-0.25, -0.2) is 0 Å². The molecule has 0 aliphatic carbocycles. The molecule has 0 spiro atoms. The molecule has 3 aliphatic heterocycles. The third-order valence-corrected chi connectivity index (χ3v) is 10.4. The Morgan fingerprint density at radius 2 is 1.16 bits per heavy atom. The minimum absolute atomic E-state index is 0.212. The van der Waals surface area contributed by atoms with Crippen LogP contribution in [0.2, 0.25) is 0 Å². The fourth-order valence-corrected chi connectivity index (χ4v) is 7.50. The van der Waals surface area contributed by atoms with Crippen molar-refractivity contribution in [1.29, 1.82) is 0 Å². The van der Waals surface area contributed by atoms with Gasteiger partial charge >= 0.3 is 0 Å². The lowest BCUT2D eigenvalue weighted by molar-refractivity contribution is 0.131. The molecule has 0 unspecified atom stereocenters. The molecular weight excluding hydrogens is 548 g/mol. The summed E-state index contributed by atoms with van der Waals surface area (Å²) in [5.74, 6) is 1.74. The number of ether oxygens (including phenoxy) is 2. The molecule has 0 radical (unpaired) electrons. The molecule has 2 fully saturated rings. The third kappa shape index (κ3) is 3.98. The van der Waals surface area contributed by atoms with E-state index in [-0.39, 0.29) is 10.8 Å². The van der Waals surface area contributed by atoms with Crippen LogP contribution in [0.3, 0.4) is 0 Å². The van der Waals surface area contributed by atoms with Crippen molar-refractivity contribution < 1.29 is 9.47 Å². The topological polar surface area (TPSA) is 82.3 Å². The van der Waals surface area contributed by atoms with Crippen molar-refractivity contribution >= 4 is 33.2 Å². The summed E-state index contributed by atoms with van der Waals surface area (Å²) in [6.07, 6.45) is 3.74. The number of hydrogen-bond donors (Lipinski definition) is 2. The smallest absolute Gasteiger partial charge is 0.151 e. The summed E-state index contributed by atoms with van der Waals surface area (Å²) in [5, 5.41) is 16.7. The van der Waals surface area contributed by atoms with Crippen molar-refractivity contribution in [2.75, 3.05) is 44.3 Å². The second-order valence-corrected chi connectivity index (χ2v) is 13.3. The van der Waals surface area contributed by atoms with E-state index < -0.39 is 0 Å². The Labute approximate surface area is 255 Å². The molecule has 0 bridgehead atoms. The maximum absolute atomic E-state index is 6.73. The van der Waals surface area contributed by atoms with Crippen molar-refractivity contribution in [2.45, 2.75) is 13.8 Å². The summed E-state index contributed by atoms with van der Waals surface area (Å²) >= 11 is 0. The van der Waals surface area contributed by atoms with Crippen LogP contribution in [0, 0.1) is 10.8 Å². The second-order valence-electron chi connectivity index (χ2n) is 13.3. The zero-order chi connectivity index (χ0) is 29.5. The molecule has 8 nitrogen and oxygen atoms in total. The Morgan fingerprint density at radius 3 is 1.70 bits per heavy atom. The summed E-state index contributed by atoms with van der Waals surface area (Å²) in [6, 6.07) is 26.0. The van der Waals surface area contributed by atoms with Gasteiger partial charge in [0, 0.05) is 47.8 Å². The van der Waals surface area contributed by atoms with Crippen molar-refractivity contribution in [1.82, 2.24) is 25.3 Å². The molecule has 5 heterocycles. The molecule has 8 heteroatoms. The number of H-pyrrole nitrogens is 2. The normalized spacial score (nSPS) is 22.7. The van der Waals surface area contributed by atoms with Crippen LogP contribution in [0.15, 0.2) is 85.2 Å². The van der Waals surface area contributed by atoms with Gasteiger partial charge < -0.3 is 19.3 Å². The van der Waals surface area contributed by atoms with E-state index in [1.54, 1.807) is 0 Å². The van der Waals surface area contributed by atoms with Gasteiger partial charge in [-0.1, -0.05) is 38.1 Å². The number of fused-ring (bicyclic) bond motifs is 5. The first kappa shape index (κ1) is 25.8. The molecule has 0 saturated carbocycles. The highest BCUT2D eigenvalue weighted by Gasteiger charge is 2.55. The van der Waals surface area contributed by atoms with E-state index in [1.165, 1.54) is 0 Å². The summed E-state index contributed by atoms with van der Waals surface area (Å²) in [4.78, 5) is 5.07. The van der Waals surface area contributed by atoms with Crippen LogP contribution < -0.4 is 9.64 Å². The van der Waals surface area contributed by atoms with Crippen LogP contribution in [0.25, 0.3) is 44.1 Å². The molecule has 2 saturated heterocycles. The molecule has 44 heavy (non-hydrogen) atoms. The van der Waals surface area contributed by atoms with Gasteiger partial charge in [0.05, 0.1) is 48.0 Å². The van der Waals surface area contributed by atoms with Crippen molar-refractivity contribution in [3.8, 4) is 33.8 Å². The maximum Gasteiger partial charge on any atom is 0.151 e. The second kappa shape index (κ2) is 9.42. The highest BCUT2D eigenvalue weighted by molar-refractivity contribution is 5.88. The minimum atomic E-state index is 0.212. The van der Waals surface area contributed by atoms with Gasteiger partial charge in [0.1, 0.15) is 0 Å². The monoisotopic (exact) mass is 582 g/mol. The first-order chi connectivity index (χ1) is 21.4. The van der Waals surface area contributed by atoms with Gasteiger partial charge in [-0.3, -0.25) is 10.2 Å². The number of rotatable bonds is 5. The first-order valence-corrected chi connectivity index (χ1v) is 15.4. The Kier molecular flexibility index (Phi) is 5.52. The predicted octanol–water partition coefficient (Wildman–Crippen LogP) is 7.38. The van der Waals surface area contributed by atoms with E-state index in [9.17, 15) is 0 Å². The van der Waals surface area contributed by atoms with Crippen LogP contribution in [0.4, 0.5) is 11.4 Å². The zero-order valence-electron chi connectivity index (χ0n) is 24.9. The van der Waals surface area contributed by atoms with Gasteiger partial charge in [0.25, 0.3) is 0 Å². The van der Waals surface area contributed by atoms with Gasteiger partial charge in [0.2, 0.25) is 0 Å². The van der Waals surface area contributed by atoms with Gasteiger partial charge in [-0.2, -0.15) is 10.2 Å². The number of likely N-dealkylation sites (tertiary alicyclic amines) is 1. The van der Waals surface area contributed by atoms with Gasteiger partial charge in [-0.15, -0.1) is 0 Å². The van der Waals surface area contributed by atoms with E-state index in [0.29, 0.717) is 0 Å². The summed E-state index contributed by atoms with van der Waals surface area (Å²) in [6.45, 7) is 10.5. The molecule has 0 amide bonds. The molecule has 6 aromatic rings. The van der Waals surface area contributed by atoms with Gasteiger partial charge in [-0.05, 0) is 70.8 Å². The van der Waals surface area contributed by atoms with E-state index >= 15 is 0 Å². The van der Waals surface area contributed by atoms with E-state index in [2.05, 4.69) is 117 Å². The highest BCUT2D eigenvalue weighted by Crippen LogP contribution is 2.52. The van der Waals surface area contributed by atoms with E-state index in [1.807, 2.05) is 12.4 Å². The number of nitrogens with one attached hydrogen (secondary N) is 2. The van der Waals surface area contributed by atoms with Crippen LogP contribution in [-0.4, -0.2) is 64.7 Å². The lowest BCUT2D eigenvalue weighted by atomic mass is 9.71. The number of benzene rings is 4. The van der Waals surface area contributed by atoms with Gasteiger partial charge in [0.15, 0.2) is 11.5 Å². The number of anilines is 2. The molecule has 9 rings (SSSR count). The maximum atomic E-state index is 6.73. The lowest BCUT2D eigenvalue weighted by Crippen LogP contribution is -2.34. The summed E-state index contributed by atoms with van der Waals surface area (Å²) < 4.78 is 12.7. The molecule has 2 aromatic heterocycles. The fourth-order valence-electron chi connectivity index (χ4n) is 7.50. The van der Waals surface area contributed by atoms with Crippen molar-refractivity contribution in [3.63, 3.8) is 0 Å². The standard InChI is InChI=1S/C36H34N6O2/c1-35-19-41(20-36(35,2)22-43-21-35)11-12-42-31-9-5-25(23-3-7-29-27(13-23)17-37-39-29)15-33(31)44-34-16-26(6-10-32(34)42)24-4-8-30-28(14-24)18-38-40-30/h3-10,13-18H,11-12,19-22H2,1-2H3,(H,37,39)(H,38,40)/t35-,36+. The van der Waals surface area contributed by atoms with Crippen LogP contribution in [0.1, 0.15) is 13.8 Å². The number of hydrogen-bond acceptors (Lipinski definition) is 6. The third-order valence-electron chi connectivity index (χ3n) is 10.4. The average molecular weight is 583 g/mol. The Balaban J connectivity index is 1.08. The Morgan fingerprint density at radius 1 is 0.659 bits per heavy atom. The molecule has 3 aliphatic rings. The van der Waals surface area contributed by atoms with Crippen molar-refractivity contribution in [2.24, 2.45) is 10.8 Å². The van der Waals surface area contributed by atoms with Crippen molar-refractivity contribution in [3.05, 3.63) is 85.2 Å². The lowest BCUT2D eigenvalue weighted by Gasteiger charge is -2.34. The predicted molar refractivity (Wildman–Crippen MR) is 174 cm³/mol. The first-order valence-electron chi connectivity index (χ1n) is 15.4. The molecular formula is C36H34N6O2. The van der Waals surface area contributed by atoms with Crippen LogP contribution in [0.5, 0.6) is 11.5 Å². The number of aromatic nitrogens is 4. The van der Waals surface area contributed by atoms with E-state index in [0.717, 1.165) is 106 Å². The fraction of sp³-hybridized carbons (Fsp3) is 0.278. The average Bonchev–Trinajstić information content (AvgIpc) is 3.80. The number of aromatic amines is 2. The molecule has 2 N–H and O–H groups in total. The SMILES string of the molecule is C[C@@]12COC[C@]1(C)CN(CCN1c3ccc(-c4ccc5[nH]ncc5c4)cc3Oc3cc(-c4ccc5[nH]ncc5c4)ccc31)C2. The van der Waals surface area contributed by atoms with Crippen LogP contribution >= 0.6 is 0 Å². The zero-order valence-corrected chi connectivity index (χ0v) is 24.9. The highest BCUT2D eigenvalue weighted by atomic mass is 16.5. The summed E-state index contributed by atoms with van der Waals surface area (Å²) in [5.41, 5.74) is 9.18. The molecule has 2 atom stereocenters. The molecule has 220 valence electrons. The molecule has 4 aromatic carbocycles. The Bertz CT molecular complexity index is 1920. The number of nitrogens with zero attached hydrogens (tertiary/aromatic N) is 4. The largest absolute Gasteiger partial charge is 0.453 e. The summed E-state index contributed by atoms with van der Waals surface area (Å²) in [7, 11) is 0. The van der Waals surface area contributed by atoms with Crippen LogP contribution in [-0.2, 0) is 4.74 Å².